The summed E-state index contributed by atoms with van der Waals surface area (Å²) < 4.78 is 0. The largest absolute Gasteiger partial charge is 0.351 e. The van der Waals surface area contributed by atoms with Gasteiger partial charge in [-0.15, -0.1) is 11.3 Å². The fraction of sp³-hybridized carbons (Fsp3) is 0.389. The summed E-state index contributed by atoms with van der Waals surface area (Å²) in [5, 5.41) is 12.0. The summed E-state index contributed by atoms with van der Waals surface area (Å²) in [5.74, 6) is 0.436. The van der Waals surface area contributed by atoms with Crippen LogP contribution in [0.25, 0.3) is 0 Å². The Morgan fingerprint density at radius 2 is 2.42 bits per heavy atom. The highest BCUT2D eigenvalue weighted by Crippen LogP contribution is 2.19. The molecule has 1 aliphatic heterocycles. The van der Waals surface area contributed by atoms with Crippen molar-refractivity contribution in [3.05, 3.63) is 52.0 Å². The average molecular weight is 340 g/mol. The maximum Gasteiger partial charge on any atom is 0.263 e. The fourth-order valence-electron chi connectivity index (χ4n) is 3.11. The van der Waals surface area contributed by atoms with Crippen LogP contribution in [0.4, 0.5) is 0 Å². The van der Waals surface area contributed by atoms with Gasteiger partial charge in [0.05, 0.1) is 23.3 Å². The van der Waals surface area contributed by atoms with Crippen LogP contribution in [0, 0.1) is 17.2 Å². The molecular formula is C18H20N4OS. The van der Waals surface area contributed by atoms with Crippen LogP contribution in [0.1, 0.15) is 33.6 Å². The summed E-state index contributed by atoms with van der Waals surface area (Å²) >= 11 is 1.36. The molecule has 2 aromatic rings. The lowest BCUT2D eigenvalue weighted by molar-refractivity contribution is 0.0934. The van der Waals surface area contributed by atoms with Gasteiger partial charge in [-0.05, 0) is 43.0 Å². The molecule has 1 saturated heterocycles. The highest BCUT2D eigenvalue weighted by molar-refractivity contribution is 7.11. The van der Waals surface area contributed by atoms with E-state index >= 15 is 0 Å². The fourth-order valence-corrected chi connectivity index (χ4v) is 3.65. The number of carbonyl (C=O) groups is 1. The first-order valence-corrected chi connectivity index (χ1v) is 9.00. The molecule has 1 N–H and O–H groups in total. The summed E-state index contributed by atoms with van der Waals surface area (Å²) in [4.78, 5) is 19.0. The molecule has 0 aliphatic carbocycles. The van der Waals surface area contributed by atoms with Gasteiger partial charge in [-0.25, -0.2) is 0 Å². The number of nitrogens with zero attached hydrogens (tertiary/aromatic N) is 3. The average Bonchev–Trinajstić information content (AvgIpc) is 3.15. The monoisotopic (exact) mass is 340 g/mol. The van der Waals surface area contributed by atoms with Crippen LogP contribution in [-0.2, 0) is 6.54 Å². The van der Waals surface area contributed by atoms with E-state index in [9.17, 15) is 4.79 Å². The maximum atomic E-state index is 12.0. The Balaban J connectivity index is 1.51. The molecule has 6 heteroatoms. The first-order valence-electron chi connectivity index (χ1n) is 8.12. The molecule has 5 nitrogen and oxygen atoms in total. The predicted octanol–water partition coefficient (Wildman–Crippen LogP) is 2.66. The minimum atomic E-state index is -0.0312. The lowest BCUT2D eigenvalue weighted by atomic mass is 9.97. The molecule has 1 fully saturated rings. The molecule has 0 bridgehead atoms. The van der Waals surface area contributed by atoms with E-state index in [2.05, 4.69) is 27.3 Å². The molecule has 3 rings (SSSR count). The summed E-state index contributed by atoms with van der Waals surface area (Å²) in [7, 11) is 0. The summed E-state index contributed by atoms with van der Waals surface area (Å²) in [6.45, 7) is 3.59. The maximum absolute atomic E-state index is 12.0. The summed E-state index contributed by atoms with van der Waals surface area (Å²) in [6, 6.07) is 9.97. The molecular weight excluding hydrogens is 320 g/mol. The van der Waals surface area contributed by atoms with Gasteiger partial charge >= 0.3 is 0 Å². The zero-order chi connectivity index (χ0) is 16.8. The molecule has 2 heterocycles. The van der Waals surface area contributed by atoms with Crippen molar-refractivity contribution in [3.8, 4) is 6.07 Å². The van der Waals surface area contributed by atoms with E-state index in [-0.39, 0.29) is 5.91 Å². The Kier molecular flexibility index (Phi) is 5.57. The highest BCUT2D eigenvalue weighted by Gasteiger charge is 2.21. The highest BCUT2D eigenvalue weighted by atomic mass is 32.1. The predicted molar refractivity (Wildman–Crippen MR) is 93.6 cm³/mol. The van der Waals surface area contributed by atoms with Gasteiger partial charge in [0.25, 0.3) is 5.91 Å². The molecule has 24 heavy (non-hydrogen) atoms. The van der Waals surface area contributed by atoms with Crippen molar-refractivity contribution in [2.75, 3.05) is 19.6 Å². The van der Waals surface area contributed by atoms with E-state index < -0.39 is 0 Å². The van der Waals surface area contributed by atoms with Crippen LogP contribution in [0.5, 0.6) is 0 Å². The van der Waals surface area contributed by atoms with E-state index in [0.29, 0.717) is 22.9 Å². The second-order valence-corrected chi connectivity index (χ2v) is 7.02. The number of carbonyl (C=O) groups excluding carboxylic acids is 1. The second kappa shape index (κ2) is 8.04. The third kappa shape index (κ3) is 4.40. The Morgan fingerprint density at radius 3 is 3.21 bits per heavy atom. The second-order valence-electron chi connectivity index (χ2n) is 6.13. The van der Waals surface area contributed by atoms with Crippen molar-refractivity contribution < 1.29 is 4.79 Å². The molecule has 0 radical (unpaired) electrons. The molecule has 0 spiro atoms. The quantitative estimate of drug-likeness (QED) is 0.908. The van der Waals surface area contributed by atoms with E-state index in [0.717, 1.165) is 32.5 Å². The molecule has 1 aromatic carbocycles. The zero-order valence-electron chi connectivity index (χ0n) is 13.4. The van der Waals surface area contributed by atoms with Crippen molar-refractivity contribution in [3.63, 3.8) is 0 Å². The SMILES string of the molecule is N#Cc1cccc(CN2CCC[C@H](CNC(=O)c3cncs3)C2)c1. The van der Waals surface area contributed by atoms with Gasteiger partial charge in [0.2, 0.25) is 0 Å². The minimum absolute atomic E-state index is 0.0312. The van der Waals surface area contributed by atoms with E-state index in [4.69, 9.17) is 5.26 Å². The molecule has 0 saturated carbocycles. The van der Waals surface area contributed by atoms with Crippen molar-refractivity contribution in [1.29, 1.82) is 5.26 Å². The molecule has 124 valence electrons. The molecule has 1 aromatic heterocycles. The van der Waals surface area contributed by atoms with Gasteiger partial charge < -0.3 is 5.32 Å². The Labute approximate surface area is 145 Å². The van der Waals surface area contributed by atoms with Crippen LogP contribution < -0.4 is 5.32 Å². The van der Waals surface area contributed by atoms with Crippen molar-refractivity contribution >= 4 is 17.2 Å². The van der Waals surface area contributed by atoms with Crippen LogP contribution >= 0.6 is 11.3 Å². The topological polar surface area (TPSA) is 69.0 Å². The van der Waals surface area contributed by atoms with Crippen LogP contribution in [-0.4, -0.2) is 35.4 Å². The smallest absolute Gasteiger partial charge is 0.263 e. The Hall–Kier alpha value is -2.23. The van der Waals surface area contributed by atoms with Crippen LogP contribution in [0.15, 0.2) is 36.0 Å². The number of hydrogen-bond donors (Lipinski definition) is 1. The Bertz CT molecular complexity index is 723. The summed E-state index contributed by atoms with van der Waals surface area (Å²) in [6.07, 6.45) is 3.88. The zero-order valence-corrected chi connectivity index (χ0v) is 14.3. The third-order valence-corrected chi connectivity index (χ3v) is 5.04. The number of thiazole rings is 1. The van der Waals surface area contributed by atoms with Gasteiger partial charge in [-0.3, -0.25) is 14.7 Å². The van der Waals surface area contributed by atoms with Crippen molar-refractivity contribution in [2.45, 2.75) is 19.4 Å². The first-order chi connectivity index (χ1) is 11.7. The Morgan fingerprint density at radius 1 is 1.50 bits per heavy atom. The lowest BCUT2D eigenvalue weighted by Crippen LogP contribution is -2.40. The molecule has 1 amide bonds. The minimum Gasteiger partial charge on any atom is -0.351 e. The standard InChI is InChI=1S/C18H20N4OS/c19-8-14-3-1-4-15(7-14)11-22-6-2-5-16(12-22)9-21-18(23)17-10-20-13-24-17/h1,3-4,7,10,13,16H,2,5-6,9,11-12H2,(H,21,23)/t16-/m1/s1. The van der Waals surface area contributed by atoms with E-state index in [1.54, 1.807) is 11.7 Å². The van der Waals surface area contributed by atoms with Crippen molar-refractivity contribution in [1.82, 2.24) is 15.2 Å². The number of nitriles is 1. The van der Waals surface area contributed by atoms with Gasteiger partial charge in [0, 0.05) is 19.6 Å². The number of benzene rings is 1. The van der Waals surface area contributed by atoms with Gasteiger partial charge in [0.1, 0.15) is 4.88 Å². The molecule has 0 unspecified atom stereocenters. The number of likely N-dealkylation sites (tertiary alicyclic amines) is 1. The third-order valence-electron chi connectivity index (χ3n) is 4.27. The molecule has 1 aliphatic rings. The lowest BCUT2D eigenvalue weighted by Gasteiger charge is -2.32. The summed E-state index contributed by atoms with van der Waals surface area (Å²) in [5.41, 5.74) is 3.55. The normalized spacial score (nSPS) is 18.0. The van der Waals surface area contributed by atoms with Crippen LogP contribution in [0.3, 0.4) is 0 Å². The number of nitrogens with one attached hydrogen (secondary N) is 1. The van der Waals surface area contributed by atoms with E-state index in [1.807, 2.05) is 18.2 Å². The van der Waals surface area contributed by atoms with Crippen molar-refractivity contribution in [2.24, 2.45) is 5.92 Å². The van der Waals surface area contributed by atoms with Gasteiger partial charge in [-0.2, -0.15) is 5.26 Å². The number of amides is 1. The van der Waals surface area contributed by atoms with Gasteiger partial charge in [-0.1, -0.05) is 12.1 Å². The molecule has 1 atom stereocenters. The van der Waals surface area contributed by atoms with Crippen LogP contribution in [0.2, 0.25) is 0 Å². The van der Waals surface area contributed by atoms with Gasteiger partial charge in [0.15, 0.2) is 0 Å². The first kappa shape index (κ1) is 16.6. The number of aromatic nitrogens is 1. The number of hydrogen-bond acceptors (Lipinski definition) is 5. The van der Waals surface area contributed by atoms with E-state index in [1.165, 1.54) is 16.9 Å². The number of rotatable bonds is 5. The number of piperidine rings is 1.